The molecule has 1 fully saturated rings. The van der Waals surface area contributed by atoms with Gasteiger partial charge in [-0.25, -0.2) is 0 Å². The third kappa shape index (κ3) is 4.17. The van der Waals surface area contributed by atoms with Crippen molar-refractivity contribution >= 4 is 5.91 Å². The van der Waals surface area contributed by atoms with Crippen LogP contribution in [-0.4, -0.2) is 17.6 Å². The van der Waals surface area contributed by atoms with E-state index in [4.69, 9.17) is 9.47 Å². The Morgan fingerprint density at radius 1 is 1.03 bits per heavy atom. The van der Waals surface area contributed by atoms with Crippen molar-refractivity contribution < 1.29 is 14.3 Å². The van der Waals surface area contributed by atoms with E-state index in [1.807, 2.05) is 37.3 Å². The molecule has 5 rings (SSSR count). The van der Waals surface area contributed by atoms with Gasteiger partial charge in [-0.15, -0.1) is 0 Å². The Kier molecular flexibility index (Phi) is 5.64. The average molecular weight is 420 g/mol. The first-order chi connectivity index (χ1) is 15.1. The van der Waals surface area contributed by atoms with Crippen molar-refractivity contribution in [2.75, 3.05) is 0 Å². The largest absolute Gasteiger partial charge is 0.487 e. The third-order valence-electron chi connectivity index (χ3n) is 7.30. The fourth-order valence-electron chi connectivity index (χ4n) is 5.64. The fourth-order valence-corrected chi connectivity index (χ4v) is 5.64. The molecule has 2 atom stereocenters. The molecule has 2 aromatic carbocycles. The summed E-state index contributed by atoms with van der Waals surface area (Å²) in [7, 11) is 0. The number of amides is 1. The van der Waals surface area contributed by atoms with Gasteiger partial charge in [-0.05, 0) is 81.5 Å². The number of nitrogens with one attached hydrogen (secondary N) is 1. The summed E-state index contributed by atoms with van der Waals surface area (Å²) in [6, 6.07) is 14.4. The van der Waals surface area contributed by atoms with Gasteiger partial charge in [0.25, 0.3) is 5.91 Å². The molecule has 0 radical (unpaired) electrons. The van der Waals surface area contributed by atoms with E-state index in [1.54, 1.807) is 0 Å². The Hall–Kier alpha value is -2.49. The molecule has 3 aliphatic rings. The Balaban J connectivity index is 1.32. The highest BCUT2D eigenvalue weighted by Gasteiger charge is 2.42. The van der Waals surface area contributed by atoms with Gasteiger partial charge < -0.3 is 14.8 Å². The summed E-state index contributed by atoms with van der Waals surface area (Å²) in [6.07, 6.45) is 10.7. The second kappa shape index (κ2) is 8.57. The molecule has 0 unspecified atom stereocenters. The maximum absolute atomic E-state index is 13.2. The van der Waals surface area contributed by atoms with E-state index in [9.17, 15) is 4.79 Å². The number of para-hydroxylation sites is 1. The number of hydrogen-bond acceptors (Lipinski definition) is 3. The van der Waals surface area contributed by atoms with Crippen molar-refractivity contribution in [3.63, 3.8) is 0 Å². The lowest BCUT2D eigenvalue weighted by atomic mass is 9.77. The van der Waals surface area contributed by atoms with Gasteiger partial charge in [0.2, 0.25) is 0 Å². The zero-order valence-corrected chi connectivity index (χ0v) is 18.5. The van der Waals surface area contributed by atoms with E-state index in [2.05, 4.69) is 17.4 Å². The van der Waals surface area contributed by atoms with E-state index >= 15 is 0 Å². The van der Waals surface area contributed by atoms with Gasteiger partial charge in [0.15, 0.2) is 6.10 Å². The summed E-state index contributed by atoms with van der Waals surface area (Å²) in [6.45, 7) is 1.86. The van der Waals surface area contributed by atoms with Crippen LogP contribution >= 0.6 is 0 Å². The van der Waals surface area contributed by atoms with Gasteiger partial charge in [0.1, 0.15) is 17.1 Å². The van der Waals surface area contributed by atoms with Crippen LogP contribution in [0.1, 0.15) is 81.0 Å². The van der Waals surface area contributed by atoms with Crippen LogP contribution in [-0.2, 0) is 17.6 Å². The van der Waals surface area contributed by atoms with Gasteiger partial charge in [0, 0.05) is 12.0 Å². The summed E-state index contributed by atoms with van der Waals surface area (Å²) in [5.74, 6) is 1.74. The lowest BCUT2D eigenvalue weighted by Crippen LogP contribution is -2.48. The fraction of sp³-hybridized carbons (Fsp3) is 0.519. The topological polar surface area (TPSA) is 47.6 Å². The summed E-state index contributed by atoms with van der Waals surface area (Å²) >= 11 is 0. The number of hydrogen-bond donors (Lipinski definition) is 1. The Morgan fingerprint density at radius 3 is 2.71 bits per heavy atom. The Morgan fingerprint density at radius 2 is 1.84 bits per heavy atom. The van der Waals surface area contributed by atoms with Crippen molar-refractivity contribution in [2.45, 2.75) is 88.9 Å². The third-order valence-corrected chi connectivity index (χ3v) is 7.30. The van der Waals surface area contributed by atoms with Crippen molar-refractivity contribution in [3.8, 4) is 11.5 Å². The summed E-state index contributed by atoms with van der Waals surface area (Å²) in [5, 5.41) is 3.30. The highest BCUT2D eigenvalue weighted by Crippen LogP contribution is 2.46. The van der Waals surface area contributed by atoms with Crippen LogP contribution in [0.15, 0.2) is 42.5 Å². The molecular weight excluding hydrogens is 386 g/mol. The molecule has 2 aromatic rings. The summed E-state index contributed by atoms with van der Waals surface area (Å²) in [5.41, 5.74) is 3.59. The standard InChI is InChI=1S/C27H33NO3/c1-19(30-24-15-9-11-20-10-3-4-12-21(20)24)26(29)28-23-18-27(16-7-2-8-17-27)31-25-14-6-5-13-22(23)25/h5-6,9,11,13-15,19,23H,2-4,7-8,10,12,16-18H2,1H3,(H,28,29)/t19-,23-/m0/s1. The smallest absolute Gasteiger partial charge is 0.261 e. The molecular formula is C27H33NO3. The molecule has 0 saturated heterocycles. The predicted molar refractivity (Wildman–Crippen MR) is 122 cm³/mol. The van der Waals surface area contributed by atoms with E-state index in [0.717, 1.165) is 49.2 Å². The van der Waals surface area contributed by atoms with Crippen molar-refractivity contribution in [2.24, 2.45) is 0 Å². The lowest BCUT2D eigenvalue weighted by molar-refractivity contribution is -0.128. The van der Waals surface area contributed by atoms with Crippen LogP contribution in [0.5, 0.6) is 11.5 Å². The van der Waals surface area contributed by atoms with Gasteiger partial charge >= 0.3 is 0 Å². The minimum Gasteiger partial charge on any atom is -0.487 e. The highest BCUT2D eigenvalue weighted by atomic mass is 16.5. The molecule has 4 nitrogen and oxygen atoms in total. The van der Waals surface area contributed by atoms with E-state index in [-0.39, 0.29) is 17.6 Å². The zero-order valence-electron chi connectivity index (χ0n) is 18.5. The Labute approximate surface area is 185 Å². The van der Waals surface area contributed by atoms with Crippen LogP contribution in [0.3, 0.4) is 0 Å². The van der Waals surface area contributed by atoms with Gasteiger partial charge in [-0.1, -0.05) is 36.8 Å². The molecule has 31 heavy (non-hydrogen) atoms. The van der Waals surface area contributed by atoms with E-state index in [0.29, 0.717) is 0 Å². The maximum Gasteiger partial charge on any atom is 0.261 e. The monoisotopic (exact) mass is 419 g/mol. The van der Waals surface area contributed by atoms with Crippen molar-refractivity contribution in [1.29, 1.82) is 0 Å². The number of ether oxygens (including phenoxy) is 2. The number of carbonyl (C=O) groups excluding carboxylic acids is 1. The molecule has 164 valence electrons. The number of fused-ring (bicyclic) bond motifs is 2. The maximum atomic E-state index is 13.2. The van der Waals surface area contributed by atoms with Crippen LogP contribution < -0.4 is 14.8 Å². The quantitative estimate of drug-likeness (QED) is 0.694. The minimum atomic E-state index is -0.536. The number of aryl methyl sites for hydroxylation is 1. The van der Waals surface area contributed by atoms with Gasteiger partial charge in [-0.3, -0.25) is 4.79 Å². The zero-order chi connectivity index (χ0) is 21.3. The molecule has 0 bridgehead atoms. The number of benzene rings is 2. The second-order valence-electron chi connectivity index (χ2n) is 9.51. The van der Waals surface area contributed by atoms with Crippen LogP contribution in [0.4, 0.5) is 0 Å². The molecule has 2 aliphatic carbocycles. The molecule has 1 N–H and O–H groups in total. The summed E-state index contributed by atoms with van der Waals surface area (Å²) in [4.78, 5) is 13.2. The summed E-state index contributed by atoms with van der Waals surface area (Å²) < 4.78 is 12.7. The first-order valence-electron chi connectivity index (χ1n) is 12.0. The number of rotatable bonds is 4. The second-order valence-corrected chi connectivity index (χ2v) is 9.51. The minimum absolute atomic E-state index is 0.0358. The van der Waals surface area contributed by atoms with Gasteiger partial charge in [0.05, 0.1) is 6.04 Å². The predicted octanol–water partition coefficient (Wildman–Crippen LogP) is 5.68. The van der Waals surface area contributed by atoms with Crippen molar-refractivity contribution in [3.05, 3.63) is 59.2 Å². The molecule has 1 heterocycles. The van der Waals surface area contributed by atoms with Crippen LogP contribution in [0, 0.1) is 0 Å². The molecule has 0 aromatic heterocycles. The molecule has 1 amide bonds. The lowest BCUT2D eigenvalue weighted by Gasteiger charge is -2.44. The highest BCUT2D eigenvalue weighted by molar-refractivity contribution is 5.81. The molecule has 1 saturated carbocycles. The van der Waals surface area contributed by atoms with E-state index in [1.165, 1.54) is 43.2 Å². The SMILES string of the molecule is C[C@H](Oc1cccc2c1CCCC2)C(=O)N[C@H]1CC2(CCCCC2)Oc2ccccc21. The van der Waals surface area contributed by atoms with E-state index < -0.39 is 6.10 Å². The number of carbonyl (C=O) groups is 1. The van der Waals surface area contributed by atoms with Crippen molar-refractivity contribution in [1.82, 2.24) is 5.32 Å². The Bertz CT molecular complexity index is 947. The first kappa shape index (κ1) is 20.4. The first-order valence-corrected chi connectivity index (χ1v) is 12.0. The molecule has 4 heteroatoms. The van der Waals surface area contributed by atoms with Crippen LogP contribution in [0.25, 0.3) is 0 Å². The average Bonchev–Trinajstić information content (AvgIpc) is 2.80. The normalized spacial score (nSPS) is 22.5. The molecule has 1 spiro atoms. The van der Waals surface area contributed by atoms with Gasteiger partial charge in [-0.2, -0.15) is 0 Å². The molecule has 1 aliphatic heterocycles. The van der Waals surface area contributed by atoms with Crippen LogP contribution in [0.2, 0.25) is 0 Å².